The van der Waals surface area contributed by atoms with Crippen molar-refractivity contribution in [2.24, 2.45) is 5.73 Å². The van der Waals surface area contributed by atoms with E-state index in [0.29, 0.717) is 15.0 Å². The summed E-state index contributed by atoms with van der Waals surface area (Å²) >= 11 is 19.4. The molecule has 19 heavy (non-hydrogen) atoms. The zero-order valence-corrected chi connectivity index (χ0v) is 14.1. The zero-order chi connectivity index (χ0) is 14.0. The van der Waals surface area contributed by atoms with E-state index >= 15 is 0 Å². The van der Waals surface area contributed by atoms with E-state index in [9.17, 15) is 0 Å². The van der Waals surface area contributed by atoms with Crippen molar-refractivity contribution < 1.29 is 0 Å². The Morgan fingerprint density at radius 2 is 1.84 bits per heavy atom. The van der Waals surface area contributed by atoms with Crippen LogP contribution in [0.5, 0.6) is 0 Å². The minimum atomic E-state index is 0.306. The lowest BCUT2D eigenvalue weighted by Crippen LogP contribution is -2.11. The van der Waals surface area contributed by atoms with Gasteiger partial charge < -0.3 is 11.1 Å². The Balaban J connectivity index is 2.42. The van der Waals surface area contributed by atoms with Crippen LogP contribution in [0.25, 0.3) is 0 Å². The topological polar surface area (TPSA) is 38.0 Å². The third-order valence-corrected chi connectivity index (χ3v) is 3.89. The molecule has 0 fully saturated rings. The van der Waals surface area contributed by atoms with E-state index in [1.54, 1.807) is 18.2 Å². The molecule has 2 nitrogen and oxygen atoms in total. The third kappa shape index (κ3) is 3.72. The molecule has 0 heterocycles. The number of hydrogen-bond acceptors (Lipinski definition) is 2. The van der Waals surface area contributed by atoms with Crippen LogP contribution in [-0.4, -0.2) is 4.99 Å². The highest BCUT2D eigenvalue weighted by Crippen LogP contribution is 2.30. The highest BCUT2D eigenvalue weighted by molar-refractivity contribution is 14.1. The molecule has 0 aliphatic heterocycles. The van der Waals surface area contributed by atoms with Gasteiger partial charge in [-0.2, -0.15) is 0 Å². The summed E-state index contributed by atoms with van der Waals surface area (Å²) in [6.07, 6.45) is 0. The predicted molar refractivity (Wildman–Crippen MR) is 94.8 cm³/mol. The van der Waals surface area contributed by atoms with Gasteiger partial charge in [0.25, 0.3) is 0 Å². The van der Waals surface area contributed by atoms with Crippen LogP contribution in [0.1, 0.15) is 5.56 Å². The van der Waals surface area contributed by atoms with Gasteiger partial charge in [-0.1, -0.05) is 35.4 Å². The van der Waals surface area contributed by atoms with Gasteiger partial charge in [0.15, 0.2) is 0 Å². The molecule has 0 aliphatic carbocycles. The molecular weight excluding hydrogens is 414 g/mol. The third-order valence-electron chi connectivity index (χ3n) is 2.45. The van der Waals surface area contributed by atoms with Gasteiger partial charge in [-0.25, -0.2) is 0 Å². The first-order valence-corrected chi connectivity index (χ1v) is 7.53. The molecule has 0 spiro atoms. The van der Waals surface area contributed by atoms with Crippen molar-refractivity contribution >= 4 is 74.4 Å². The molecule has 2 rings (SSSR count). The molecule has 2 aromatic rings. The second kappa shape index (κ2) is 6.26. The van der Waals surface area contributed by atoms with Crippen LogP contribution in [0.15, 0.2) is 36.4 Å². The Kier molecular flexibility index (Phi) is 4.89. The summed E-state index contributed by atoms with van der Waals surface area (Å²) in [6.45, 7) is 0. The molecule has 6 heteroatoms. The second-order valence-electron chi connectivity index (χ2n) is 3.80. The fourth-order valence-electron chi connectivity index (χ4n) is 1.57. The van der Waals surface area contributed by atoms with E-state index in [-0.39, 0.29) is 0 Å². The molecule has 0 bridgehead atoms. The molecule has 98 valence electrons. The van der Waals surface area contributed by atoms with E-state index < -0.39 is 0 Å². The summed E-state index contributed by atoms with van der Waals surface area (Å²) in [5.74, 6) is 0. The lowest BCUT2D eigenvalue weighted by atomic mass is 10.1. The Labute approximate surface area is 140 Å². The van der Waals surface area contributed by atoms with Crippen LogP contribution in [0.2, 0.25) is 10.0 Å². The summed E-state index contributed by atoms with van der Waals surface area (Å²) < 4.78 is 1.06. The van der Waals surface area contributed by atoms with Crippen molar-refractivity contribution in [2.45, 2.75) is 0 Å². The average Bonchev–Trinajstić information content (AvgIpc) is 2.32. The summed E-state index contributed by atoms with van der Waals surface area (Å²) in [5.41, 5.74) is 7.94. The molecule has 0 unspecified atom stereocenters. The fourth-order valence-corrected chi connectivity index (χ4v) is 2.82. The van der Waals surface area contributed by atoms with E-state index in [1.807, 2.05) is 18.2 Å². The number of nitrogens with two attached hydrogens (primary N) is 1. The first-order valence-electron chi connectivity index (χ1n) is 5.29. The van der Waals surface area contributed by atoms with E-state index in [4.69, 9.17) is 41.2 Å². The standard InChI is InChI=1S/C13H9Cl2IN2S/c14-7-1-3-9(13(17)19)12(5-7)18-11-4-2-8(16)6-10(11)15/h1-6,18H,(H2,17,19). The normalized spacial score (nSPS) is 10.3. The number of nitrogens with one attached hydrogen (secondary N) is 1. The van der Waals surface area contributed by atoms with Gasteiger partial charge in [0.1, 0.15) is 4.99 Å². The molecule has 0 radical (unpaired) electrons. The minimum absolute atomic E-state index is 0.306. The van der Waals surface area contributed by atoms with Crippen molar-refractivity contribution in [1.82, 2.24) is 0 Å². The van der Waals surface area contributed by atoms with Gasteiger partial charge >= 0.3 is 0 Å². The van der Waals surface area contributed by atoms with Crippen LogP contribution < -0.4 is 11.1 Å². The number of thiocarbonyl (C=S) groups is 1. The van der Waals surface area contributed by atoms with Crippen LogP contribution in [0, 0.1) is 3.57 Å². The maximum Gasteiger partial charge on any atom is 0.106 e. The maximum atomic E-state index is 6.19. The smallest absolute Gasteiger partial charge is 0.106 e. The van der Waals surface area contributed by atoms with E-state index in [2.05, 4.69) is 27.9 Å². The molecule has 3 N–H and O–H groups in total. The van der Waals surface area contributed by atoms with Gasteiger partial charge in [0.2, 0.25) is 0 Å². The van der Waals surface area contributed by atoms with Crippen molar-refractivity contribution in [1.29, 1.82) is 0 Å². The Morgan fingerprint density at radius 3 is 2.47 bits per heavy atom. The predicted octanol–water partition coefficient (Wildman–Crippen LogP) is 4.98. The van der Waals surface area contributed by atoms with Gasteiger partial charge in [-0.3, -0.25) is 0 Å². The largest absolute Gasteiger partial charge is 0.389 e. The van der Waals surface area contributed by atoms with Gasteiger partial charge in [-0.15, -0.1) is 0 Å². The molecule has 0 amide bonds. The molecule has 0 saturated carbocycles. The fraction of sp³-hybridized carbons (Fsp3) is 0. The summed E-state index contributed by atoms with van der Waals surface area (Å²) in [4.78, 5) is 0.306. The SMILES string of the molecule is NC(=S)c1ccc(Cl)cc1Nc1ccc(I)cc1Cl. The number of benzene rings is 2. The molecule has 0 saturated heterocycles. The highest BCUT2D eigenvalue weighted by Gasteiger charge is 2.08. The number of rotatable bonds is 3. The second-order valence-corrected chi connectivity index (χ2v) is 6.33. The van der Waals surface area contributed by atoms with Gasteiger partial charge in [0, 0.05) is 14.2 Å². The lowest BCUT2D eigenvalue weighted by molar-refractivity contribution is 1.51. The Bertz CT molecular complexity index is 647. The molecule has 0 aromatic heterocycles. The maximum absolute atomic E-state index is 6.19. The number of hydrogen-bond donors (Lipinski definition) is 2. The first-order chi connectivity index (χ1) is 8.97. The van der Waals surface area contributed by atoms with Crippen molar-refractivity contribution in [2.75, 3.05) is 5.32 Å². The van der Waals surface area contributed by atoms with Crippen LogP contribution in [-0.2, 0) is 0 Å². The number of anilines is 2. The highest BCUT2D eigenvalue weighted by atomic mass is 127. The molecule has 0 aliphatic rings. The monoisotopic (exact) mass is 422 g/mol. The van der Waals surface area contributed by atoms with Gasteiger partial charge in [0.05, 0.1) is 16.4 Å². The van der Waals surface area contributed by atoms with Crippen molar-refractivity contribution in [3.8, 4) is 0 Å². The first kappa shape index (κ1) is 14.8. The molecular formula is C13H9Cl2IN2S. The lowest BCUT2D eigenvalue weighted by Gasteiger charge is -2.13. The Morgan fingerprint density at radius 1 is 1.11 bits per heavy atom. The summed E-state index contributed by atoms with van der Waals surface area (Å²) in [7, 11) is 0. The zero-order valence-electron chi connectivity index (χ0n) is 9.58. The summed E-state index contributed by atoms with van der Waals surface area (Å²) in [5, 5.41) is 4.43. The number of halogens is 3. The van der Waals surface area contributed by atoms with Gasteiger partial charge in [-0.05, 0) is 59.0 Å². The molecule has 0 atom stereocenters. The van der Waals surface area contributed by atoms with E-state index in [1.165, 1.54) is 0 Å². The van der Waals surface area contributed by atoms with Crippen molar-refractivity contribution in [3.05, 3.63) is 55.6 Å². The van der Waals surface area contributed by atoms with E-state index in [0.717, 1.165) is 20.5 Å². The van der Waals surface area contributed by atoms with Crippen LogP contribution in [0.4, 0.5) is 11.4 Å². The Hall–Kier alpha value is -0.560. The van der Waals surface area contributed by atoms with Crippen LogP contribution in [0.3, 0.4) is 0 Å². The molecule has 2 aromatic carbocycles. The quantitative estimate of drug-likeness (QED) is 0.541. The minimum Gasteiger partial charge on any atom is -0.389 e. The van der Waals surface area contributed by atoms with Crippen LogP contribution >= 0.6 is 58.0 Å². The van der Waals surface area contributed by atoms with Crippen molar-refractivity contribution in [3.63, 3.8) is 0 Å². The summed E-state index contributed by atoms with van der Waals surface area (Å²) in [6, 6.07) is 11.0. The average molecular weight is 423 g/mol.